The standard InChI is InChI=1S/C30H26Cl2N2O4/c1-4-7-22-12-19(13-28(37-3)29(22)38-18-23-10-11-24(31)16-26(23)32)17-33-34-30(35)25-14-20-8-5-6-9-21(20)15-27(25)36-2/h4-6,8-17H,1,7,18H2,2-3H3,(H,34,35)/b33-17-. The van der Waals surface area contributed by atoms with E-state index in [1.165, 1.54) is 7.11 Å². The zero-order valence-electron chi connectivity index (χ0n) is 21.0. The molecule has 0 atom stereocenters. The summed E-state index contributed by atoms with van der Waals surface area (Å²) in [5, 5.41) is 7.14. The lowest BCUT2D eigenvalue weighted by Gasteiger charge is -2.16. The fourth-order valence-corrected chi connectivity index (χ4v) is 4.42. The van der Waals surface area contributed by atoms with E-state index < -0.39 is 0 Å². The molecule has 1 N–H and O–H groups in total. The third-order valence-electron chi connectivity index (χ3n) is 5.82. The molecule has 0 unspecified atom stereocenters. The van der Waals surface area contributed by atoms with Gasteiger partial charge in [-0.1, -0.05) is 59.6 Å². The van der Waals surface area contributed by atoms with Crippen LogP contribution in [0.1, 0.15) is 27.0 Å². The van der Waals surface area contributed by atoms with Crippen molar-refractivity contribution in [2.24, 2.45) is 5.10 Å². The number of amides is 1. The Labute approximate surface area is 231 Å². The molecule has 0 bridgehead atoms. The van der Waals surface area contributed by atoms with Crippen molar-refractivity contribution in [2.45, 2.75) is 13.0 Å². The molecule has 8 heteroatoms. The fraction of sp³-hybridized carbons (Fsp3) is 0.133. The van der Waals surface area contributed by atoms with E-state index in [0.29, 0.717) is 44.8 Å². The number of rotatable bonds is 10. The van der Waals surface area contributed by atoms with Crippen LogP contribution in [-0.2, 0) is 13.0 Å². The molecule has 6 nitrogen and oxygen atoms in total. The number of carbonyl (C=O) groups excluding carboxylic acids is 1. The monoisotopic (exact) mass is 548 g/mol. The van der Waals surface area contributed by atoms with Gasteiger partial charge in [0, 0.05) is 21.2 Å². The summed E-state index contributed by atoms with van der Waals surface area (Å²) in [4.78, 5) is 12.9. The zero-order valence-corrected chi connectivity index (χ0v) is 22.5. The highest BCUT2D eigenvalue weighted by Gasteiger charge is 2.15. The van der Waals surface area contributed by atoms with Crippen LogP contribution in [0.5, 0.6) is 17.2 Å². The van der Waals surface area contributed by atoms with E-state index >= 15 is 0 Å². The summed E-state index contributed by atoms with van der Waals surface area (Å²) in [6.07, 6.45) is 3.84. The summed E-state index contributed by atoms with van der Waals surface area (Å²) in [6, 6.07) is 20.3. The summed E-state index contributed by atoms with van der Waals surface area (Å²) >= 11 is 12.3. The largest absolute Gasteiger partial charge is 0.496 e. The van der Waals surface area contributed by atoms with Crippen molar-refractivity contribution in [2.75, 3.05) is 14.2 Å². The van der Waals surface area contributed by atoms with E-state index in [2.05, 4.69) is 17.1 Å². The predicted octanol–water partition coefficient (Wildman–Crippen LogP) is 7.24. The minimum Gasteiger partial charge on any atom is -0.496 e. The van der Waals surface area contributed by atoms with Gasteiger partial charge in [-0.2, -0.15) is 5.10 Å². The first-order valence-electron chi connectivity index (χ1n) is 11.7. The third-order valence-corrected chi connectivity index (χ3v) is 6.40. The maximum atomic E-state index is 12.9. The Morgan fingerprint density at radius 2 is 1.68 bits per heavy atom. The molecule has 0 spiro atoms. The van der Waals surface area contributed by atoms with Crippen molar-refractivity contribution < 1.29 is 19.0 Å². The van der Waals surface area contributed by atoms with Gasteiger partial charge in [-0.15, -0.1) is 6.58 Å². The third kappa shape index (κ3) is 6.28. The molecular weight excluding hydrogens is 523 g/mol. The van der Waals surface area contributed by atoms with Crippen LogP contribution in [0.2, 0.25) is 10.0 Å². The second-order valence-electron chi connectivity index (χ2n) is 8.33. The molecule has 4 rings (SSSR count). The van der Waals surface area contributed by atoms with Crippen molar-refractivity contribution in [1.29, 1.82) is 0 Å². The molecule has 0 heterocycles. The van der Waals surface area contributed by atoms with Gasteiger partial charge in [-0.05, 0) is 59.2 Å². The van der Waals surface area contributed by atoms with E-state index in [0.717, 1.165) is 21.9 Å². The van der Waals surface area contributed by atoms with Crippen LogP contribution in [0.25, 0.3) is 10.8 Å². The topological polar surface area (TPSA) is 69.2 Å². The number of benzene rings is 4. The Balaban J connectivity index is 1.54. The number of nitrogens with zero attached hydrogens (tertiary/aromatic N) is 1. The lowest BCUT2D eigenvalue weighted by Crippen LogP contribution is -2.18. The van der Waals surface area contributed by atoms with Crippen molar-refractivity contribution >= 4 is 46.1 Å². The number of methoxy groups -OCH3 is 2. The molecule has 0 saturated carbocycles. The Hall–Kier alpha value is -4.00. The first-order valence-corrected chi connectivity index (χ1v) is 12.5. The van der Waals surface area contributed by atoms with Gasteiger partial charge < -0.3 is 14.2 Å². The molecule has 0 saturated heterocycles. The van der Waals surface area contributed by atoms with Gasteiger partial charge in [0.15, 0.2) is 11.5 Å². The molecule has 1 amide bonds. The highest BCUT2D eigenvalue weighted by Crippen LogP contribution is 2.35. The van der Waals surface area contributed by atoms with Crippen molar-refractivity contribution in [3.8, 4) is 17.2 Å². The van der Waals surface area contributed by atoms with Gasteiger partial charge >= 0.3 is 0 Å². The van der Waals surface area contributed by atoms with E-state index in [9.17, 15) is 4.79 Å². The molecule has 194 valence electrons. The SMILES string of the molecule is C=CCc1cc(/C=N\NC(=O)c2cc3ccccc3cc2OC)cc(OC)c1OCc1ccc(Cl)cc1Cl. The minimum absolute atomic E-state index is 0.230. The number of allylic oxidation sites excluding steroid dienone is 1. The molecule has 0 aromatic heterocycles. The lowest BCUT2D eigenvalue weighted by atomic mass is 10.1. The Morgan fingerprint density at radius 1 is 0.947 bits per heavy atom. The van der Waals surface area contributed by atoms with Crippen molar-refractivity contribution in [3.63, 3.8) is 0 Å². The number of hydrazone groups is 1. The zero-order chi connectivity index (χ0) is 27.1. The normalized spacial score (nSPS) is 10.9. The molecular formula is C30H26Cl2N2O4. The number of carbonyl (C=O) groups is 1. The average Bonchev–Trinajstić information content (AvgIpc) is 2.92. The Kier molecular flexibility index (Phi) is 8.89. The van der Waals surface area contributed by atoms with Gasteiger partial charge in [0.25, 0.3) is 5.91 Å². The number of hydrogen-bond donors (Lipinski definition) is 1. The molecule has 0 aliphatic heterocycles. The van der Waals surface area contributed by atoms with Crippen LogP contribution >= 0.6 is 23.2 Å². The van der Waals surface area contributed by atoms with E-state index in [1.807, 2.05) is 42.5 Å². The number of hydrogen-bond acceptors (Lipinski definition) is 5. The quantitative estimate of drug-likeness (QED) is 0.129. The van der Waals surface area contributed by atoms with Crippen LogP contribution in [-0.4, -0.2) is 26.3 Å². The van der Waals surface area contributed by atoms with E-state index in [4.69, 9.17) is 37.4 Å². The summed E-state index contributed by atoms with van der Waals surface area (Å²) in [5.74, 6) is 1.16. The molecule has 0 aliphatic carbocycles. The second-order valence-corrected chi connectivity index (χ2v) is 9.17. The maximum Gasteiger partial charge on any atom is 0.275 e. The predicted molar refractivity (Wildman–Crippen MR) is 153 cm³/mol. The average molecular weight is 549 g/mol. The molecule has 38 heavy (non-hydrogen) atoms. The smallest absolute Gasteiger partial charge is 0.275 e. The van der Waals surface area contributed by atoms with Gasteiger partial charge in [-0.3, -0.25) is 4.79 Å². The molecule has 4 aromatic rings. The van der Waals surface area contributed by atoms with Gasteiger partial charge in [0.2, 0.25) is 0 Å². The van der Waals surface area contributed by atoms with Gasteiger partial charge in [-0.25, -0.2) is 5.43 Å². The number of nitrogens with one attached hydrogen (secondary N) is 1. The molecule has 0 radical (unpaired) electrons. The minimum atomic E-state index is -0.387. The van der Waals surface area contributed by atoms with Crippen LogP contribution in [0.15, 0.2) is 84.5 Å². The van der Waals surface area contributed by atoms with Crippen molar-refractivity contribution in [1.82, 2.24) is 5.43 Å². The first kappa shape index (κ1) is 27.0. The first-order chi connectivity index (χ1) is 18.4. The molecule has 4 aromatic carbocycles. The highest BCUT2D eigenvalue weighted by atomic mass is 35.5. The number of fused-ring (bicyclic) bond motifs is 1. The summed E-state index contributed by atoms with van der Waals surface area (Å²) < 4.78 is 17.1. The molecule has 0 fully saturated rings. The Morgan fingerprint density at radius 3 is 2.37 bits per heavy atom. The Bertz CT molecular complexity index is 1520. The maximum absolute atomic E-state index is 12.9. The van der Waals surface area contributed by atoms with E-state index in [1.54, 1.807) is 43.7 Å². The van der Waals surface area contributed by atoms with Gasteiger partial charge in [0.1, 0.15) is 12.4 Å². The van der Waals surface area contributed by atoms with Crippen LogP contribution in [0.4, 0.5) is 0 Å². The summed E-state index contributed by atoms with van der Waals surface area (Å²) in [6.45, 7) is 4.08. The van der Waals surface area contributed by atoms with Crippen LogP contribution < -0.4 is 19.6 Å². The molecule has 0 aliphatic rings. The summed E-state index contributed by atoms with van der Waals surface area (Å²) in [7, 11) is 3.09. The van der Waals surface area contributed by atoms with Crippen LogP contribution in [0.3, 0.4) is 0 Å². The number of halogens is 2. The highest BCUT2D eigenvalue weighted by molar-refractivity contribution is 6.35. The van der Waals surface area contributed by atoms with E-state index in [-0.39, 0.29) is 12.5 Å². The summed E-state index contributed by atoms with van der Waals surface area (Å²) in [5.41, 5.74) is 5.31. The lowest BCUT2D eigenvalue weighted by molar-refractivity contribution is 0.0952. The second kappa shape index (κ2) is 12.5. The van der Waals surface area contributed by atoms with Crippen molar-refractivity contribution in [3.05, 3.63) is 112 Å². The fourth-order valence-electron chi connectivity index (χ4n) is 3.96. The number of ether oxygens (including phenoxy) is 3. The van der Waals surface area contributed by atoms with Crippen LogP contribution in [0, 0.1) is 0 Å². The van der Waals surface area contributed by atoms with Gasteiger partial charge in [0.05, 0.1) is 26.0 Å².